The van der Waals surface area contributed by atoms with Gasteiger partial charge in [-0.3, -0.25) is 0 Å². The van der Waals surface area contributed by atoms with Gasteiger partial charge in [0.25, 0.3) is 0 Å². The first kappa shape index (κ1) is 32.0. The molecule has 0 spiro atoms. The van der Waals surface area contributed by atoms with Crippen molar-refractivity contribution in [3.05, 3.63) is 178 Å². The molecule has 0 saturated carbocycles. The van der Waals surface area contributed by atoms with E-state index in [9.17, 15) is 4.79 Å². The quantitative estimate of drug-likeness (QED) is 0.118. The number of hydrogen-bond donors (Lipinski definition) is 0. The molecule has 0 heterocycles. The lowest BCUT2D eigenvalue weighted by Crippen LogP contribution is -2.05. The molecule has 0 bridgehead atoms. The van der Waals surface area contributed by atoms with Crippen LogP contribution in [0.1, 0.15) is 55.7 Å². The number of nitrogens with zero attached hydrogens (tertiary/aromatic N) is 1. The first-order valence-corrected chi connectivity index (χ1v) is 15.8. The monoisotopic (exact) mass is 605 g/mol. The Labute approximate surface area is 272 Å². The molecule has 0 aliphatic heterocycles. The van der Waals surface area contributed by atoms with Gasteiger partial charge in [-0.1, -0.05) is 109 Å². The highest BCUT2D eigenvalue weighted by Crippen LogP contribution is 2.25. The summed E-state index contributed by atoms with van der Waals surface area (Å²) in [6.45, 7) is 0.498. The molecule has 4 heteroatoms. The average Bonchev–Trinajstić information content (AvgIpc) is 3.12. The minimum absolute atomic E-state index is 0.246. The highest BCUT2D eigenvalue weighted by molar-refractivity contribution is 5.89. The molecule has 0 aromatic heterocycles. The first-order chi connectivity index (χ1) is 22.6. The predicted molar refractivity (Wildman–Crippen MR) is 185 cm³/mol. The fourth-order valence-electron chi connectivity index (χ4n) is 5.45. The maximum absolute atomic E-state index is 11.9. The molecule has 0 fully saturated rings. The van der Waals surface area contributed by atoms with Crippen LogP contribution in [0.25, 0.3) is 6.08 Å². The zero-order chi connectivity index (χ0) is 32.0. The molecular formula is C42H39NO3. The number of carbonyl (C=O) groups is 1. The predicted octanol–water partition coefficient (Wildman–Crippen LogP) is 9.21. The number of ether oxygens (including phenoxy) is 2. The maximum atomic E-state index is 11.9. The van der Waals surface area contributed by atoms with E-state index < -0.39 is 0 Å². The molecule has 5 aromatic carbocycles. The molecule has 4 nitrogen and oxygen atoms in total. The molecule has 0 aliphatic carbocycles. The molecule has 0 radical (unpaired) electrons. The Morgan fingerprint density at radius 1 is 0.696 bits per heavy atom. The normalized spacial score (nSPS) is 11.6. The highest BCUT2D eigenvalue weighted by atomic mass is 16.5. The van der Waals surface area contributed by atoms with E-state index in [-0.39, 0.29) is 11.9 Å². The van der Waals surface area contributed by atoms with Crippen LogP contribution in [0.15, 0.2) is 133 Å². The number of nitriles is 1. The van der Waals surface area contributed by atoms with Crippen molar-refractivity contribution in [1.82, 2.24) is 0 Å². The second kappa shape index (κ2) is 16.6. The van der Waals surface area contributed by atoms with Crippen LogP contribution in [0.2, 0.25) is 0 Å². The molecule has 0 amide bonds. The van der Waals surface area contributed by atoms with E-state index >= 15 is 0 Å². The van der Waals surface area contributed by atoms with Gasteiger partial charge in [-0.25, -0.2) is 4.79 Å². The van der Waals surface area contributed by atoms with Crippen molar-refractivity contribution in [3.63, 3.8) is 0 Å². The van der Waals surface area contributed by atoms with E-state index in [1.165, 1.54) is 23.8 Å². The van der Waals surface area contributed by atoms with Crippen LogP contribution in [0, 0.1) is 17.2 Å². The molecule has 46 heavy (non-hydrogen) atoms. The van der Waals surface area contributed by atoms with E-state index in [4.69, 9.17) is 14.7 Å². The van der Waals surface area contributed by atoms with Crippen molar-refractivity contribution in [1.29, 1.82) is 5.26 Å². The summed E-state index contributed by atoms with van der Waals surface area (Å²) in [5.74, 6) is 0.760. The van der Waals surface area contributed by atoms with Gasteiger partial charge in [0.2, 0.25) is 0 Å². The van der Waals surface area contributed by atoms with Crippen LogP contribution < -0.4 is 4.74 Å². The Hall–Kier alpha value is -5.40. The number of aryl methyl sites for hydroxylation is 3. The van der Waals surface area contributed by atoms with Gasteiger partial charge in [-0.2, -0.15) is 5.26 Å². The van der Waals surface area contributed by atoms with E-state index in [1.54, 1.807) is 0 Å². The van der Waals surface area contributed by atoms with Gasteiger partial charge in [0.15, 0.2) is 0 Å². The lowest BCUT2D eigenvalue weighted by molar-refractivity contribution is 0.0600. The largest absolute Gasteiger partial charge is 0.488 e. The van der Waals surface area contributed by atoms with Gasteiger partial charge >= 0.3 is 5.97 Å². The number of carbonyl (C=O) groups excluding carboxylic acids is 1. The van der Waals surface area contributed by atoms with Gasteiger partial charge in [0, 0.05) is 5.56 Å². The second-order valence-corrected chi connectivity index (χ2v) is 11.5. The highest BCUT2D eigenvalue weighted by Gasteiger charge is 2.11. The van der Waals surface area contributed by atoms with Gasteiger partial charge in [-0.15, -0.1) is 0 Å². The van der Waals surface area contributed by atoms with Crippen molar-refractivity contribution >= 4 is 12.0 Å². The Morgan fingerprint density at radius 2 is 1.28 bits per heavy atom. The fraction of sp³-hybridized carbons (Fsp3) is 0.190. The number of hydrogen-bond acceptors (Lipinski definition) is 4. The minimum atomic E-state index is -0.334. The van der Waals surface area contributed by atoms with Crippen molar-refractivity contribution in [2.45, 2.75) is 38.7 Å². The zero-order valence-corrected chi connectivity index (χ0v) is 26.3. The lowest BCUT2D eigenvalue weighted by atomic mass is 9.91. The molecule has 5 rings (SSSR count). The summed E-state index contributed by atoms with van der Waals surface area (Å²) in [4.78, 5) is 11.9. The van der Waals surface area contributed by atoms with E-state index in [0.29, 0.717) is 17.7 Å². The van der Waals surface area contributed by atoms with Gasteiger partial charge in [0.1, 0.15) is 12.4 Å². The smallest absolute Gasteiger partial charge is 0.337 e. The Kier molecular flexibility index (Phi) is 11.6. The SMILES string of the molecule is COC(=O)c1ccc(CC(C=Cc2ccccc2OCc2ccc(CCc3ccccc3)cc2)CCc2ccc(C#N)cc2)cc1. The standard InChI is InChI=1S/C42H39NO3/c1-45-42(44)40-27-24-36(25-28-40)29-35(18-13-34-14-19-37(30-43)20-15-34)23-26-39-9-5-6-10-41(39)46-31-38-21-16-33(17-22-38)12-11-32-7-3-2-4-8-32/h2-10,14-17,19-28,35H,11-13,18,29,31H2,1H3. The first-order valence-electron chi connectivity index (χ1n) is 15.8. The van der Waals surface area contributed by atoms with Crippen LogP contribution >= 0.6 is 0 Å². The third-order valence-corrected chi connectivity index (χ3v) is 8.19. The number of methoxy groups -OCH3 is 1. The zero-order valence-electron chi connectivity index (χ0n) is 26.3. The van der Waals surface area contributed by atoms with Gasteiger partial charge in [0.05, 0.1) is 24.3 Å². The van der Waals surface area contributed by atoms with Crippen LogP contribution in [-0.2, 0) is 37.0 Å². The van der Waals surface area contributed by atoms with Crippen molar-refractivity contribution in [3.8, 4) is 11.8 Å². The Bertz CT molecular complexity index is 1750. The summed E-state index contributed by atoms with van der Waals surface area (Å²) >= 11 is 0. The number of rotatable bonds is 14. The minimum Gasteiger partial charge on any atom is -0.488 e. The van der Waals surface area contributed by atoms with E-state index in [1.807, 2.05) is 66.7 Å². The topological polar surface area (TPSA) is 59.3 Å². The Balaban J connectivity index is 1.24. The van der Waals surface area contributed by atoms with E-state index in [2.05, 4.69) is 78.9 Å². The molecule has 0 aliphatic rings. The molecule has 5 aromatic rings. The lowest BCUT2D eigenvalue weighted by Gasteiger charge is -2.15. The van der Waals surface area contributed by atoms with Crippen LogP contribution in [0.3, 0.4) is 0 Å². The fourth-order valence-corrected chi connectivity index (χ4v) is 5.45. The number of benzene rings is 5. The summed E-state index contributed by atoms with van der Waals surface area (Å²) < 4.78 is 11.2. The van der Waals surface area contributed by atoms with Gasteiger partial charge in [-0.05, 0) is 96.2 Å². The Morgan fingerprint density at radius 3 is 1.98 bits per heavy atom. The van der Waals surface area contributed by atoms with Crippen LogP contribution in [0.5, 0.6) is 5.75 Å². The van der Waals surface area contributed by atoms with E-state index in [0.717, 1.165) is 54.5 Å². The molecular weight excluding hydrogens is 566 g/mol. The van der Waals surface area contributed by atoms with Crippen LogP contribution in [0.4, 0.5) is 0 Å². The van der Waals surface area contributed by atoms with Crippen LogP contribution in [-0.4, -0.2) is 13.1 Å². The maximum Gasteiger partial charge on any atom is 0.337 e. The molecule has 1 atom stereocenters. The number of esters is 1. The molecule has 1 unspecified atom stereocenters. The molecule has 230 valence electrons. The van der Waals surface area contributed by atoms with Crippen molar-refractivity contribution in [2.24, 2.45) is 5.92 Å². The summed E-state index contributed by atoms with van der Waals surface area (Å²) in [5.41, 5.74) is 8.41. The molecule has 0 saturated heterocycles. The second-order valence-electron chi connectivity index (χ2n) is 11.5. The molecule has 0 N–H and O–H groups in total. The summed E-state index contributed by atoms with van der Waals surface area (Å²) in [7, 11) is 1.39. The summed E-state index contributed by atoms with van der Waals surface area (Å²) in [6.07, 6.45) is 9.12. The van der Waals surface area contributed by atoms with Crippen molar-refractivity contribution in [2.75, 3.05) is 7.11 Å². The van der Waals surface area contributed by atoms with Crippen molar-refractivity contribution < 1.29 is 14.3 Å². The third kappa shape index (κ3) is 9.55. The number of para-hydroxylation sites is 1. The summed E-state index contributed by atoms with van der Waals surface area (Å²) in [6, 6.07) is 45.1. The average molecular weight is 606 g/mol. The van der Waals surface area contributed by atoms with Gasteiger partial charge < -0.3 is 9.47 Å². The number of allylic oxidation sites excluding steroid dienone is 1. The summed E-state index contributed by atoms with van der Waals surface area (Å²) in [5, 5.41) is 9.15. The third-order valence-electron chi connectivity index (χ3n) is 8.19.